The number of rotatable bonds is 38. The second-order valence-electron chi connectivity index (χ2n) is 15.3. The van der Waals surface area contributed by atoms with Gasteiger partial charge in [-0.1, -0.05) is 133 Å². The second kappa shape index (κ2) is 36.6. The molecule has 0 aromatic heterocycles. The summed E-state index contributed by atoms with van der Waals surface area (Å²) in [4.78, 5) is 37.5. The highest BCUT2D eigenvalue weighted by Crippen LogP contribution is 2.38. The van der Waals surface area contributed by atoms with E-state index in [1.165, 1.54) is 44.9 Å². The third-order valence-corrected chi connectivity index (χ3v) is 9.80. The van der Waals surface area contributed by atoms with Gasteiger partial charge < -0.3 is 27.9 Å². The largest absolute Gasteiger partial charge is 0.756 e. The van der Waals surface area contributed by atoms with Crippen molar-refractivity contribution >= 4 is 19.8 Å². The van der Waals surface area contributed by atoms with Crippen LogP contribution in [0.1, 0.15) is 168 Å². The number of carbonyl (C=O) groups excluding carboxylic acids is 2. The van der Waals surface area contributed by atoms with Gasteiger partial charge in [-0.3, -0.25) is 14.2 Å². The van der Waals surface area contributed by atoms with Crippen LogP contribution in [-0.4, -0.2) is 70.0 Å². The molecule has 9 nitrogen and oxygen atoms in total. The summed E-state index contributed by atoms with van der Waals surface area (Å²) in [7, 11) is 1.14. The van der Waals surface area contributed by atoms with E-state index >= 15 is 0 Å². The third-order valence-electron chi connectivity index (χ3n) is 8.83. The molecule has 0 saturated carbocycles. The minimum absolute atomic E-state index is 0.0372. The number of ether oxygens (including phenoxy) is 2. The first-order valence-electron chi connectivity index (χ1n) is 21.3. The Morgan fingerprint density at radius 3 is 1.59 bits per heavy atom. The summed E-state index contributed by atoms with van der Waals surface area (Å²) in [6.45, 7) is 4.07. The normalized spacial score (nSPS) is 14.1. The molecule has 10 heteroatoms. The van der Waals surface area contributed by atoms with Crippen molar-refractivity contribution in [3.63, 3.8) is 0 Å². The Morgan fingerprint density at radius 1 is 0.593 bits per heavy atom. The molecular weight excluding hydrogens is 701 g/mol. The topological polar surface area (TPSA) is 111 Å². The molecule has 0 spiro atoms. The van der Waals surface area contributed by atoms with Crippen molar-refractivity contribution in [2.45, 2.75) is 174 Å². The highest BCUT2D eigenvalue weighted by atomic mass is 31.2. The fourth-order valence-corrected chi connectivity index (χ4v) is 6.21. The zero-order valence-electron chi connectivity index (χ0n) is 35.2. The molecule has 0 amide bonds. The summed E-state index contributed by atoms with van der Waals surface area (Å²) in [5.74, 6) is -0.867. The van der Waals surface area contributed by atoms with Crippen molar-refractivity contribution in [1.29, 1.82) is 0 Å². The molecule has 0 aromatic carbocycles. The van der Waals surface area contributed by atoms with Crippen LogP contribution in [0.5, 0.6) is 0 Å². The van der Waals surface area contributed by atoms with E-state index < -0.39 is 32.5 Å². The van der Waals surface area contributed by atoms with Gasteiger partial charge in [-0.25, -0.2) is 0 Å². The molecule has 0 heterocycles. The number of quaternary nitrogens is 1. The second-order valence-corrected chi connectivity index (χ2v) is 16.7. The summed E-state index contributed by atoms with van der Waals surface area (Å²) in [6, 6.07) is 0. The molecule has 314 valence electrons. The van der Waals surface area contributed by atoms with E-state index in [0.717, 1.165) is 83.5 Å². The van der Waals surface area contributed by atoms with Gasteiger partial charge in [-0.05, 0) is 70.6 Å². The number of unbranched alkanes of at least 4 members (excludes halogenated alkanes) is 16. The Kier molecular flexibility index (Phi) is 35.2. The Labute approximate surface area is 331 Å². The van der Waals surface area contributed by atoms with E-state index in [2.05, 4.69) is 62.5 Å². The van der Waals surface area contributed by atoms with E-state index in [1.54, 1.807) is 0 Å². The van der Waals surface area contributed by atoms with Crippen LogP contribution in [0.3, 0.4) is 0 Å². The molecule has 0 N–H and O–H groups in total. The zero-order valence-corrected chi connectivity index (χ0v) is 36.0. The molecule has 0 aromatic rings. The standard InChI is InChI=1S/C44H80NO8P/c1-6-8-10-12-14-16-18-20-22-24-26-28-30-32-34-36-43(46)50-40-42(41-52-54(48,49)51-39-38-45(3,4)5)53-44(47)37-35-33-31-29-27-25-23-21-19-17-15-13-11-9-7-2/h9,11,15,17,20-23,42H,6-8,10,12-14,16,18-19,24-41H2,1-5H3/b11-9-,17-15-,22-20-,23-21-. The number of hydrogen-bond acceptors (Lipinski definition) is 8. The van der Waals surface area contributed by atoms with E-state index in [4.69, 9.17) is 18.5 Å². The van der Waals surface area contributed by atoms with Crippen molar-refractivity contribution in [3.8, 4) is 0 Å². The van der Waals surface area contributed by atoms with E-state index in [1.807, 2.05) is 21.1 Å². The zero-order chi connectivity index (χ0) is 40.0. The maximum absolute atomic E-state index is 12.6. The maximum atomic E-state index is 12.6. The predicted octanol–water partition coefficient (Wildman–Crippen LogP) is 11.3. The summed E-state index contributed by atoms with van der Waals surface area (Å²) >= 11 is 0. The summed E-state index contributed by atoms with van der Waals surface area (Å²) in [5, 5.41) is 0. The van der Waals surface area contributed by atoms with Gasteiger partial charge in [-0.15, -0.1) is 0 Å². The van der Waals surface area contributed by atoms with Crippen LogP contribution >= 0.6 is 7.82 Å². The number of esters is 2. The minimum Gasteiger partial charge on any atom is -0.756 e. The number of phosphoric acid groups is 1. The van der Waals surface area contributed by atoms with Gasteiger partial charge >= 0.3 is 11.9 Å². The molecule has 2 unspecified atom stereocenters. The molecule has 2 atom stereocenters. The number of phosphoric ester groups is 1. The van der Waals surface area contributed by atoms with E-state index in [0.29, 0.717) is 23.9 Å². The Morgan fingerprint density at radius 2 is 1.06 bits per heavy atom. The highest BCUT2D eigenvalue weighted by Gasteiger charge is 2.21. The van der Waals surface area contributed by atoms with Crippen LogP contribution in [0.15, 0.2) is 48.6 Å². The molecule has 54 heavy (non-hydrogen) atoms. The van der Waals surface area contributed by atoms with Gasteiger partial charge in [0.05, 0.1) is 27.7 Å². The lowest BCUT2D eigenvalue weighted by Gasteiger charge is -2.28. The van der Waals surface area contributed by atoms with Gasteiger partial charge in [0.1, 0.15) is 19.8 Å². The molecule has 0 bridgehead atoms. The number of hydrogen-bond donors (Lipinski definition) is 0. The molecule has 0 saturated heterocycles. The lowest BCUT2D eigenvalue weighted by atomic mass is 10.1. The monoisotopic (exact) mass is 782 g/mol. The van der Waals surface area contributed by atoms with Gasteiger partial charge in [0.15, 0.2) is 6.10 Å². The Bertz CT molecular complexity index is 1070. The van der Waals surface area contributed by atoms with Crippen LogP contribution < -0.4 is 4.89 Å². The molecule has 0 radical (unpaired) electrons. The number of likely N-dealkylation sites (N-methyl/N-ethyl adjacent to an activating group) is 1. The lowest BCUT2D eigenvalue weighted by molar-refractivity contribution is -0.870. The molecular formula is C44H80NO8P. The van der Waals surface area contributed by atoms with Crippen LogP contribution in [0, 0.1) is 0 Å². The summed E-state index contributed by atoms with van der Waals surface area (Å²) < 4.78 is 33.8. The first kappa shape index (κ1) is 52.0. The van der Waals surface area contributed by atoms with Crippen molar-refractivity contribution in [3.05, 3.63) is 48.6 Å². The smallest absolute Gasteiger partial charge is 0.306 e. The number of nitrogens with zero attached hydrogens (tertiary/aromatic N) is 1. The Hall–Kier alpha value is -2.03. The van der Waals surface area contributed by atoms with Crippen LogP contribution in [0.25, 0.3) is 0 Å². The molecule has 0 aliphatic heterocycles. The van der Waals surface area contributed by atoms with Crippen molar-refractivity contribution in [2.24, 2.45) is 0 Å². The van der Waals surface area contributed by atoms with E-state index in [-0.39, 0.29) is 26.1 Å². The van der Waals surface area contributed by atoms with Gasteiger partial charge in [0, 0.05) is 12.8 Å². The molecule has 0 aliphatic carbocycles. The van der Waals surface area contributed by atoms with Gasteiger partial charge in [0.25, 0.3) is 7.82 Å². The number of allylic oxidation sites excluding steroid dienone is 8. The first-order chi connectivity index (χ1) is 26.0. The lowest BCUT2D eigenvalue weighted by Crippen LogP contribution is -2.37. The minimum atomic E-state index is -4.63. The van der Waals surface area contributed by atoms with Crippen LogP contribution in [-0.2, 0) is 32.7 Å². The van der Waals surface area contributed by atoms with Crippen molar-refractivity contribution in [1.82, 2.24) is 0 Å². The van der Waals surface area contributed by atoms with E-state index in [9.17, 15) is 19.0 Å². The summed E-state index contributed by atoms with van der Waals surface area (Å²) in [6.07, 6.45) is 41.3. The third kappa shape index (κ3) is 39.7. The Balaban J connectivity index is 4.42. The maximum Gasteiger partial charge on any atom is 0.306 e. The first-order valence-corrected chi connectivity index (χ1v) is 22.8. The predicted molar refractivity (Wildman–Crippen MR) is 222 cm³/mol. The van der Waals surface area contributed by atoms with Crippen molar-refractivity contribution in [2.75, 3.05) is 47.5 Å². The fraction of sp³-hybridized carbons (Fsp3) is 0.773. The van der Waals surface area contributed by atoms with Crippen molar-refractivity contribution < 1.29 is 42.1 Å². The average molecular weight is 782 g/mol. The fourth-order valence-electron chi connectivity index (χ4n) is 5.49. The average Bonchev–Trinajstić information content (AvgIpc) is 3.12. The quantitative estimate of drug-likeness (QED) is 0.0200. The molecule has 0 rings (SSSR count). The van der Waals surface area contributed by atoms with Gasteiger partial charge in [-0.2, -0.15) is 0 Å². The summed E-state index contributed by atoms with van der Waals surface area (Å²) in [5.41, 5.74) is 0. The molecule has 0 aliphatic rings. The number of carbonyl (C=O) groups is 2. The van der Waals surface area contributed by atoms with Gasteiger partial charge in [0.2, 0.25) is 0 Å². The SMILES string of the molecule is CC/C=C\C/C=C\C/C=C\CCCCCCCC(=O)OC(COC(=O)CCCCCCC/C=C\CCCCCCCC)COP(=O)([O-])OCC[N+](C)(C)C. The van der Waals surface area contributed by atoms with Crippen LogP contribution in [0.2, 0.25) is 0 Å². The van der Waals surface area contributed by atoms with Crippen LogP contribution in [0.4, 0.5) is 0 Å². The highest BCUT2D eigenvalue weighted by molar-refractivity contribution is 7.45. The molecule has 0 fully saturated rings.